The fraction of sp³-hybridized carbons (Fsp3) is 0.529. The van der Waals surface area contributed by atoms with Crippen LogP contribution in [0, 0.1) is 0 Å². The van der Waals surface area contributed by atoms with Crippen molar-refractivity contribution in [2.75, 3.05) is 13.7 Å². The first-order chi connectivity index (χ1) is 9.52. The van der Waals surface area contributed by atoms with Gasteiger partial charge in [-0.15, -0.1) is 12.4 Å². The Morgan fingerprint density at radius 2 is 1.81 bits per heavy atom. The van der Waals surface area contributed by atoms with Crippen LogP contribution in [-0.2, 0) is 6.42 Å². The zero-order valence-electron chi connectivity index (χ0n) is 13.6. The van der Waals surface area contributed by atoms with Crippen molar-refractivity contribution in [3.8, 4) is 5.75 Å². The van der Waals surface area contributed by atoms with Crippen molar-refractivity contribution >= 4 is 23.3 Å². The quantitative estimate of drug-likeness (QED) is 0.863. The van der Waals surface area contributed by atoms with Gasteiger partial charge < -0.3 is 9.72 Å². The molecule has 1 aromatic heterocycles. The van der Waals surface area contributed by atoms with Gasteiger partial charge in [-0.2, -0.15) is 0 Å². The third-order valence-electron chi connectivity index (χ3n) is 3.94. The molecule has 0 bridgehead atoms. The highest BCUT2D eigenvalue weighted by Crippen LogP contribution is 2.24. The van der Waals surface area contributed by atoms with E-state index in [-0.39, 0.29) is 12.4 Å². The lowest BCUT2D eigenvalue weighted by molar-refractivity contribution is 0.177. The number of ether oxygens (including phenoxy) is 1. The molecule has 0 spiro atoms. The van der Waals surface area contributed by atoms with E-state index in [2.05, 4.69) is 55.9 Å². The van der Waals surface area contributed by atoms with Gasteiger partial charge in [0.25, 0.3) is 0 Å². The van der Waals surface area contributed by atoms with E-state index in [0.717, 1.165) is 18.7 Å². The van der Waals surface area contributed by atoms with Crippen LogP contribution in [0.5, 0.6) is 5.75 Å². The Morgan fingerprint density at radius 1 is 1.14 bits per heavy atom. The number of methoxy groups -OCH3 is 1. The van der Waals surface area contributed by atoms with Gasteiger partial charge in [-0.05, 0) is 57.9 Å². The van der Waals surface area contributed by atoms with Gasteiger partial charge in [0.15, 0.2) is 0 Å². The van der Waals surface area contributed by atoms with Crippen molar-refractivity contribution in [3.63, 3.8) is 0 Å². The van der Waals surface area contributed by atoms with E-state index in [0.29, 0.717) is 12.1 Å². The van der Waals surface area contributed by atoms with Gasteiger partial charge in [-0.3, -0.25) is 4.90 Å². The molecule has 1 N–H and O–H groups in total. The van der Waals surface area contributed by atoms with Crippen LogP contribution in [-0.4, -0.2) is 35.6 Å². The molecule has 118 valence electrons. The number of fused-ring (bicyclic) bond motifs is 1. The minimum Gasteiger partial charge on any atom is -0.497 e. The molecule has 0 radical (unpaired) electrons. The van der Waals surface area contributed by atoms with Crippen LogP contribution in [0.15, 0.2) is 24.4 Å². The van der Waals surface area contributed by atoms with E-state index in [1.807, 2.05) is 6.07 Å². The minimum absolute atomic E-state index is 0. The summed E-state index contributed by atoms with van der Waals surface area (Å²) in [4.78, 5) is 5.87. The zero-order chi connectivity index (χ0) is 14.7. The van der Waals surface area contributed by atoms with Crippen molar-refractivity contribution in [2.45, 2.75) is 46.2 Å². The van der Waals surface area contributed by atoms with Crippen LogP contribution >= 0.6 is 12.4 Å². The maximum atomic E-state index is 5.32. The van der Waals surface area contributed by atoms with Crippen LogP contribution in [0.4, 0.5) is 0 Å². The van der Waals surface area contributed by atoms with E-state index >= 15 is 0 Å². The largest absolute Gasteiger partial charge is 0.497 e. The summed E-state index contributed by atoms with van der Waals surface area (Å²) in [7, 11) is 1.72. The monoisotopic (exact) mass is 310 g/mol. The van der Waals surface area contributed by atoms with Gasteiger partial charge in [0.1, 0.15) is 5.75 Å². The summed E-state index contributed by atoms with van der Waals surface area (Å²) in [6.45, 7) is 10.1. The average Bonchev–Trinajstić information content (AvgIpc) is 2.80. The second-order valence-corrected chi connectivity index (χ2v) is 5.90. The van der Waals surface area contributed by atoms with E-state index in [1.54, 1.807) is 7.11 Å². The third-order valence-corrected chi connectivity index (χ3v) is 3.94. The Labute approximate surface area is 134 Å². The predicted octanol–water partition coefficient (Wildman–Crippen LogP) is 4.26. The highest BCUT2D eigenvalue weighted by Gasteiger charge is 2.14. The van der Waals surface area contributed by atoms with Gasteiger partial charge in [0, 0.05) is 35.7 Å². The number of hydrogen-bond acceptors (Lipinski definition) is 2. The molecule has 2 rings (SSSR count). The van der Waals surface area contributed by atoms with E-state index in [9.17, 15) is 0 Å². The van der Waals surface area contributed by atoms with E-state index in [1.165, 1.54) is 16.5 Å². The number of benzene rings is 1. The SMILES string of the molecule is COc1ccc2[nH]cc(CCN(C(C)C)C(C)C)c2c1.Cl. The summed E-state index contributed by atoms with van der Waals surface area (Å²) in [5.41, 5.74) is 2.55. The van der Waals surface area contributed by atoms with Crippen molar-refractivity contribution in [1.82, 2.24) is 9.88 Å². The molecule has 3 nitrogen and oxygen atoms in total. The van der Waals surface area contributed by atoms with Crippen LogP contribution in [0.3, 0.4) is 0 Å². The Balaban J connectivity index is 0.00000220. The number of nitrogens with zero attached hydrogens (tertiary/aromatic N) is 1. The minimum atomic E-state index is 0. The molecule has 21 heavy (non-hydrogen) atoms. The molecule has 0 saturated carbocycles. The standard InChI is InChI=1S/C17H26N2O.ClH/c1-12(2)19(13(3)4)9-8-14-11-18-17-7-6-15(20-5)10-16(14)17;/h6-7,10-13,18H,8-9H2,1-5H3;1H. The van der Waals surface area contributed by atoms with Crippen LogP contribution < -0.4 is 4.74 Å². The highest BCUT2D eigenvalue weighted by molar-refractivity contribution is 5.85. The lowest BCUT2D eigenvalue weighted by Gasteiger charge is -2.30. The molecule has 0 saturated heterocycles. The Bertz CT molecular complexity index is 555. The summed E-state index contributed by atoms with van der Waals surface area (Å²) in [5.74, 6) is 0.919. The third kappa shape index (κ3) is 4.14. The molecular formula is C17H27ClN2O. The molecule has 0 amide bonds. The first-order valence-electron chi connectivity index (χ1n) is 7.42. The number of hydrogen-bond donors (Lipinski definition) is 1. The molecule has 0 aliphatic carbocycles. The van der Waals surface area contributed by atoms with Crippen molar-refractivity contribution in [3.05, 3.63) is 30.0 Å². The Kier molecular flexibility index (Phi) is 6.56. The Hall–Kier alpha value is -1.19. The van der Waals surface area contributed by atoms with Crippen LogP contribution in [0.2, 0.25) is 0 Å². The number of rotatable bonds is 6. The molecule has 0 atom stereocenters. The van der Waals surface area contributed by atoms with Crippen molar-refractivity contribution < 1.29 is 4.74 Å². The van der Waals surface area contributed by atoms with Gasteiger partial charge in [-0.1, -0.05) is 0 Å². The van der Waals surface area contributed by atoms with Gasteiger partial charge in [0.2, 0.25) is 0 Å². The number of nitrogens with one attached hydrogen (secondary N) is 1. The number of H-pyrrole nitrogens is 1. The highest BCUT2D eigenvalue weighted by atomic mass is 35.5. The normalized spacial score (nSPS) is 11.4. The zero-order valence-corrected chi connectivity index (χ0v) is 14.5. The number of aromatic nitrogens is 1. The average molecular weight is 311 g/mol. The number of halogens is 1. The molecule has 4 heteroatoms. The lowest BCUT2D eigenvalue weighted by Crippen LogP contribution is -2.38. The number of aromatic amines is 1. The molecule has 0 aliphatic rings. The summed E-state index contributed by atoms with van der Waals surface area (Å²) in [6.07, 6.45) is 3.19. The summed E-state index contributed by atoms with van der Waals surface area (Å²) in [6, 6.07) is 7.36. The van der Waals surface area contributed by atoms with Crippen LogP contribution in [0.25, 0.3) is 10.9 Å². The molecule has 0 unspecified atom stereocenters. The predicted molar refractivity (Wildman–Crippen MR) is 92.8 cm³/mol. The van der Waals surface area contributed by atoms with Gasteiger partial charge >= 0.3 is 0 Å². The maximum Gasteiger partial charge on any atom is 0.119 e. The molecular weight excluding hydrogens is 284 g/mol. The fourth-order valence-corrected chi connectivity index (χ4v) is 2.85. The summed E-state index contributed by atoms with van der Waals surface area (Å²) in [5, 5.41) is 1.27. The van der Waals surface area contributed by atoms with Crippen LogP contribution in [0.1, 0.15) is 33.3 Å². The molecule has 1 aromatic carbocycles. The second kappa shape index (κ2) is 7.71. The topological polar surface area (TPSA) is 28.3 Å². The summed E-state index contributed by atoms with van der Waals surface area (Å²) >= 11 is 0. The van der Waals surface area contributed by atoms with E-state index in [4.69, 9.17) is 4.74 Å². The maximum absolute atomic E-state index is 5.32. The first kappa shape index (κ1) is 17.9. The molecule has 0 aliphatic heterocycles. The van der Waals surface area contributed by atoms with Crippen molar-refractivity contribution in [2.24, 2.45) is 0 Å². The van der Waals surface area contributed by atoms with Gasteiger partial charge in [0.05, 0.1) is 7.11 Å². The molecule has 0 fully saturated rings. The first-order valence-corrected chi connectivity index (χ1v) is 7.42. The second-order valence-electron chi connectivity index (χ2n) is 5.90. The Morgan fingerprint density at radius 3 is 2.38 bits per heavy atom. The molecule has 2 aromatic rings. The van der Waals surface area contributed by atoms with E-state index < -0.39 is 0 Å². The smallest absolute Gasteiger partial charge is 0.119 e. The molecule has 1 heterocycles. The van der Waals surface area contributed by atoms with Gasteiger partial charge in [-0.25, -0.2) is 0 Å². The lowest BCUT2D eigenvalue weighted by atomic mass is 10.1. The fourth-order valence-electron chi connectivity index (χ4n) is 2.85. The van der Waals surface area contributed by atoms with Crippen molar-refractivity contribution in [1.29, 1.82) is 0 Å². The summed E-state index contributed by atoms with van der Waals surface area (Å²) < 4.78 is 5.32.